The molecule has 1 aromatic heterocycles. The van der Waals surface area contributed by atoms with Gasteiger partial charge in [-0.2, -0.15) is 0 Å². The van der Waals surface area contributed by atoms with Gasteiger partial charge in [0.15, 0.2) is 0 Å². The van der Waals surface area contributed by atoms with Gasteiger partial charge in [0.2, 0.25) is 0 Å². The van der Waals surface area contributed by atoms with Crippen molar-refractivity contribution < 1.29 is 14.6 Å². The highest BCUT2D eigenvalue weighted by Gasteiger charge is 2.28. The Bertz CT molecular complexity index is 1350. The molecule has 3 aromatic carbocycles. The summed E-state index contributed by atoms with van der Waals surface area (Å²) in [5.41, 5.74) is 7.40. The van der Waals surface area contributed by atoms with Crippen LogP contribution in [0.15, 0.2) is 79.0 Å². The van der Waals surface area contributed by atoms with Gasteiger partial charge in [-0.3, -0.25) is 4.90 Å². The van der Waals surface area contributed by atoms with E-state index in [4.69, 9.17) is 4.74 Å². The molecular weight excluding hydrogens is 436 g/mol. The Morgan fingerprint density at radius 3 is 2.80 bits per heavy atom. The Morgan fingerprint density at radius 2 is 1.97 bits per heavy atom. The smallest absolute Gasteiger partial charge is 0.330 e. The van der Waals surface area contributed by atoms with Crippen LogP contribution in [0.1, 0.15) is 40.3 Å². The quantitative estimate of drug-likeness (QED) is 0.255. The zero-order chi connectivity index (χ0) is 24.2. The first-order valence-corrected chi connectivity index (χ1v) is 12.1. The van der Waals surface area contributed by atoms with E-state index < -0.39 is 0 Å². The molecular formula is C30H30N2O3. The van der Waals surface area contributed by atoms with Gasteiger partial charge in [0, 0.05) is 42.3 Å². The first-order valence-electron chi connectivity index (χ1n) is 12.1. The summed E-state index contributed by atoms with van der Waals surface area (Å²) in [6.45, 7) is 1.74. The van der Waals surface area contributed by atoms with Gasteiger partial charge >= 0.3 is 5.97 Å². The van der Waals surface area contributed by atoms with Gasteiger partial charge in [0.1, 0.15) is 5.75 Å². The number of aromatic hydroxyl groups is 1. The molecule has 1 aliphatic carbocycles. The second-order valence-electron chi connectivity index (χ2n) is 9.12. The maximum atomic E-state index is 11.5. The third-order valence-corrected chi connectivity index (χ3v) is 6.93. The highest BCUT2D eigenvalue weighted by Crippen LogP contribution is 2.37. The van der Waals surface area contributed by atoms with E-state index in [1.807, 2.05) is 18.2 Å². The van der Waals surface area contributed by atoms with E-state index in [-0.39, 0.29) is 11.7 Å². The number of carbonyl (C=O) groups excluding carboxylic acids is 1. The second kappa shape index (κ2) is 10.2. The number of esters is 1. The van der Waals surface area contributed by atoms with Crippen molar-refractivity contribution in [3.63, 3.8) is 0 Å². The van der Waals surface area contributed by atoms with Gasteiger partial charge in [-0.15, -0.1) is 0 Å². The third kappa shape index (κ3) is 5.15. The molecule has 0 amide bonds. The number of hydrogen-bond donors (Lipinski definition) is 2. The van der Waals surface area contributed by atoms with Gasteiger partial charge in [0.05, 0.1) is 7.11 Å². The standard InChI is InChI=1S/C30H30N2O3/c1-35-30(34)15-9-21-8-13-27-23(18-21)10-14-29(27)32(20-22-6-11-25(33)12-7-22)17-16-24-19-31-28-5-3-2-4-26(24)28/h2-9,11-13,15,18-19,29,31,33H,10,14,16-17,20H2,1H3. The van der Waals surface area contributed by atoms with Crippen molar-refractivity contribution in [3.05, 3.63) is 107 Å². The van der Waals surface area contributed by atoms with Gasteiger partial charge in [0.25, 0.3) is 0 Å². The number of hydrogen-bond acceptors (Lipinski definition) is 4. The van der Waals surface area contributed by atoms with E-state index in [0.717, 1.165) is 37.9 Å². The predicted octanol–water partition coefficient (Wildman–Crippen LogP) is 5.79. The molecule has 2 N–H and O–H groups in total. The largest absolute Gasteiger partial charge is 0.508 e. The van der Waals surface area contributed by atoms with Crippen LogP contribution < -0.4 is 0 Å². The van der Waals surface area contributed by atoms with Crippen LogP contribution in [-0.4, -0.2) is 34.6 Å². The van der Waals surface area contributed by atoms with Gasteiger partial charge < -0.3 is 14.8 Å². The van der Waals surface area contributed by atoms with E-state index in [1.165, 1.54) is 46.3 Å². The zero-order valence-electron chi connectivity index (χ0n) is 19.9. The van der Waals surface area contributed by atoms with Crippen LogP contribution in [0.5, 0.6) is 5.75 Å². The normalized spacial score (nSPS) is 15.2. The van der Waals surface area contributed by atoms with Crippen molar-refractivity contribution in [3.8, 4) is 5.75 Å². The highest BCUT2D eigenvalue weighted by atomic mass is 16.5. The molecule has 0 saturated carbocycles. The van der Waals surface area contributed by atoms with Gasteiger partial charge in [-0.1, -0.05) is 48.5 Å². The average Bonchev–Trinajstić information content (AvgIpc) is 3.50. The highest BCUT2D eigenvalue weighted by molar-refractivity contribution is 5.87. The van der Waals surface area contributed by atoms with E-state index in [9.17, 15) is 9.90 Å². The molecule has 1 heterocycles. The molecule has 4 aromatic rings. The van der Waals surface area contributed by atoms with Crippen LogP contribution in [0.3, 0.4) is 0 Å². The zero-order valence-corrected chi connectivity index (χ0v) is 19.9. The SMILES string of the molecule is COC(=O)C=Cc1ccc2c(c1)CCC2N(CCc1c[nH]c2ccccc12)Cc1ccc(O)cc1. The monoisotopic (exact) mass is 466 g/mol. The number of ether oxygens (including phenoxy) is 1. The number of para-hydroxylation sites is 1. The molecule has 5 nitrogen and oxygen atoms in total. The molecule has 1 unspecified atom stereocenters. The molecule has 5 rings (SSSR count). The minimum absolute atomic E-state index is 0.290. The molecule has 5 heteroatoms. The molecule has 1 aliphatic rings. The van der Waals surface area contributed by atoms with Gasteiger partial charge in [-0.25, -0.2) is 4.79 Å². The number of benzene rings is 3. The fourth-order valence-electron chi connectivity index (χ4n) is 5.11. The van der Waals surface area contributed by atoms with Crippen LogP contribution in [0.25, 0.3) is 17.0 Å². The molecule has 178 valence electrons. The van der Waals surface area contributed by atoms with Crippen molar-refractivity contribution in [1.82, 2.24) is 9.88 Å². The number of carbonyl (C=O) groups is 1. The lowest BCUT2D eigenvalue weighted by Crippen LogP contribution is -2.29. The molecule has 35 heavy (non-hydrogen) atoms. The number of fused-ring (bicyclic) bond motifs is 2. The first kappa shape index (κ1) is 22.9. The third-order valence-electron chi connectivity index (χ3n) is 6.93. The molecule has 0 radical (unpaired) electrons. The van der Waals surface area contributed by atoms with Crippen molar-refractivity contribution in [2.24, 2.45) is 0 Å². The Labute approximate surface area is 205 Å². The lowest BCUT2D eigenvalue weighted by atomic mass is 10.0. The van der Waals surface area contributed by atoms with Crippen molar-refractivity contribution >= 4 is 22.9 Å². The second-order valence-corrected chi connectivity index (χ2v) is 9.12. The summed E-state index contributed by atoms with van der Waals surface area (Å²) in [6, 6.07) is 22.8. The van der Waals surface area contributed by atoms with Crippen molar-refractivity contribution in [2.45, 2.75) is 31.8 Å². The number of methoxy groups -OCH3 is 1. The van der Waals surface area contributed by atoms with E-state index in [2.05, 4.69) is 58.5 Å². The maximum absolute atomic E-state index is 11.5. The Kier molecular flexibility index (Phi) is 6.68. The summed E-state index contributed by atoms with van der Waals surface area (Å²) in [5, 5.41) is 11.0. The number of aromatic nitrogens is 1. The molecule has 0 bridgehead atoms. The minimum Gasteiger partial charge on any atom is -0.508 e. The Hall–Kier alpha value is -3.83. The number of rotatable bonds is 8. The van der Waals surface area contributed by atoms with E-state index in [1.54, 1.807) is 12.1 Å². The van der Waals surface area contributed by atoms with Crippen molar-refractivity contribution in [2.75, 3.05) is 13.7 Å². The van der Waals surface area contributed by atoms with Crippen molar-refractivity contribution in [1.29, 1.82) is 0 Å². The number of phenolic OH excluding ortho intramolecular Hbond substituents is 1. The number of aromatic amines is 1. The fourth-order valence-corrected chi connectivity index (χ4v) is 5.11. The fraction of sp³-hybridized carbons (Fsp3) is 0.233. The summed E-state index contributed by atoms with van der Waals surface area (Å²) < 4.78 is 4.71. The molecule has 0 aliphatic heterocycles. The predicted molar refractivity (Wildman–Crippen MR) is 139 cm³/mol. The van der Waals surface area contributed by atoms with E-state index in [0.29, 0.717) is 6.04 Å². The number of H-pyrrole nitrogens is 1. The number of nitrogens with one attached hydrogen (secondary N) is 1. The summed E-state index contributed by atoms with van der Waals surface area (Å²) in [4.78, 5) is 17.4. The first-order chi connectivity index (χ1) is 17.1. The van der Waals surface area contributed by atoms with Gasteiger partial charge in [-0.05, 0) is 71.4 Å². The molecule has 0 saturated heterocycles. The molecule has 1 atom stereocenters. The lowest BCUT2D eigenvalue weighted by Gasteiger charge is -2.30. The number of nitrogens with zero attached hydrogens (tertiary/aromatic N) is 1. The molecule has 0 spiro atoms. The average molecular weight is 467 g/mol. The van der Waals surface area contributed by atoms with Crippen LogP contribution in [0, 0.1) is 0 Å². The number of aryl methyl sites for hydroxylation is 1. The van der Waals surface area contributed by atoms with Crippen LogP contribution in [0.2, 0.25) is 0 Å². The lowest BCUT2D eigenvalue weighted by molar-refractivity contribution is -0.134. The van der Waals surface area contributed by atoms with Crippen LogP contribution in [0.4, 0.5) is 0 Å². The topological polar surface area (TPSA) is 65.6 Å². The van der Waals surface area contributed by atoms with Crippen LogP contribution >= 0.6 is 0 Å². The summed E-state index contributed by atoms with van der Waals surface area (Å²) in [6.07, 6.45) is 8.43. The summed E-state index contributed by atoms with van der Waals surface area (Å²) in [5.74, 6) is -0.0569. The maximum Gasteiger partial charge on any atom is 0.330 e. The summed E-state index contributed by atoms with van der Waals surface area (Å²) >= 11 is 0. The molecule has 0 fully saturated rings. The Balaban J connectivity index is 1.39. The van der Waals surface area contributed by atoms with E-state index >= 15 is 0 Å². The Morgan fingerprint density at radius 1 is 1.14 bits per heavy atom. The number of phenols is 1. The summed E-state index contributed by atoms with van der Waals surface area (Å²) in [7, 11) is 1.39. The van der Waals surface area contributed by atoms with Crippen LogP contribution in [-0.2, 0) is 28.9 Å². The minimum atomic E-state index is -0.347.